The Morgan fingerprint density at radius 3 is 2.62 bits per heavy atom. The van der Waals surface area contributed by atoms with Gasteiger partial charge in [0.25, 0.3) is 0 Å². The molecule has 84 valence electrons. The molecule has 0 radical (unpaired) electrons. The zero-order chi connectivity index (χ0) is 12.1. The van der Waals surface area contributed by atoms with Crippen LogP contribution in [0, 0.1) is 6.92 Å². The van der Waals surface area contributed by atoms with Gasteiger partial charge in [0, 0.05) is 12.2 Å². The summed E-state index contributed by atoms with van der Waals surface area (Å²) >= 11 is 5.88. The van der Waals surface area contributed by atoms with Crippen molar-refractivity contribution in [2.75, 3.05) is 5.32 Å². The number of anilines is 1. The molecule has 1 aromatic carbocycles. The Morgan fingerprint density at radius 1 is 1.38 bits per heavy atom. The molecule has 4 nitrogen and oxygen atoms in total. The van der Waals surface area contributed by atoms with E-state index in [1.807, 2.05) is 0 Å². The van der Waals surface area contributed by atoms with Gasteiger partial charge in [0.1, 0.15) is 0 Å². The predicted octanol–water partition coefficient (Wildman–Crippen LogP) is 2.23. The standard InChI is InChI=1S/C11H10ClNO3/c1-7-3-2-4-8(12)11(7)13-9(14)5-6-10(15)16/h2-6H,1H3,(H,13,14)(H,15,16). The van der Waals surface area contributed by atoms with Crippen molar-refractivity contribution >= 4 is 29.2 Å². The van der Waals surface area contributed by atoms with E-state index >= 15 is 0 Å². The summed E-state index contributed by atoms with van der Waals surface area (Å²) in [6.45, 7) is 1.79. The van der Waals surface area contributed by atoms with Gasteiger partial charge in [0.15, 0.2) is 0 Å². The van der Waals surface area contributed by atoms with Gasteiger partial charge >= 0.3 is 5.97 Å². The van der Waals surface area contributed by atoms with E-state index in [1.54, 1.807) is 25.1 Å². The zero-order valence-corrected chi connectivity index (χ0v) is 9.28. The topological polar surface area (TPSA) is 66.4 Å². The van der Waals surface area contributed by atoms with Crippen LogP contribution in [0.1, 0.15) is 5.56 Å². The second kappa shape index (κ2) is 5.32. The number of para-hydroxylation sites is 1. The van der Waals surface area contributed by atoms with E-state index in [9.17, 15) is 9.59 Å². The Bertz CT molecular complexity index is 434. The molecule has 0 unspecified atom stereocenters. The van der Waals surface area contributed by atoms with Crippen LogP contribution in [0.3, 0.4) is 0 Å². The molecule has 0 aliphatic rings. The second-order valence-corrected chi connectivity index (χ2v) is 3.50. The van der Waals surface area contributed by atoms with E-state index < -0.39 is 11.9 Å². The minimum absolute atomic E-state index is 0.414. The average Bonchev–Trinajstić information content (AvgIpc) is 2.21. The van der Waals surface area contributed by atoms with Gasteiger partial charge in [-0.2, -0.15) is 0 Å². The van der Waals surface area contributed by atoms with Crippen molar-refractivity contribution in [3.8, 4) is 0 Å². The smallest absolute Gasteiger partial charge is 0.328 e. The molecule has 0 saturated carbocycles. The highest BCUT2D eigenvalue weighted by atomic mass is 35.5. The number of benzene rings is 1. The van der Waals surface area contributed by atoms with Crippen molar-refractivity contribution in [3.05, 3.63) is 40.9 Å². The molecule has 16 heavy (non-hydrogen) atoms. The minimum atomic E-state index is -1.17. The molecule has 0 spiro atoms. The highest BCUT2D eigenvalue weighted by Crippen LogP contribution is 2.24. The fraction of sp³-hybridized carbons (Fsp3) is 0.0909. The molecule has 0 atom stereocenters. The summed E-state index contributed by atoms with van der Waals surface area (Å²) in [4.78, 5) is 21.5. The lowest BCUT2D eigenvalue weighted by molar-refractivity contribution is -0.131. The number of halogens is 1. The van der Waals surface area contributed by atoms with Crippen LogP contribution in [0.25, 0.3) is 0 Å². The number of hydrogen-bond donors (Lipinski definition) is 2. The van der Waals surface area contributed by atoms with Crippen molar-refractivity contribution in [1.82, 2.24) is 0 Å². The number of hydrogen-bond acceptors (Lipinski definition) is 2. The van der Waals surface area contributed by atoms with Gasteiger partial charge in [-0.3, -0.25) is 4.79 Å². The van der Waals surface area contributed by atoms with Crippen LogP contribution in [0.2, 0.25) is 5.02 Å². The lowest BCUT2D eigenvalue weighted by Crippen LogP contribution is -2.10. The first-order valence-electron chi connectivity index (χ1n) is 4.48. The number of aryl methyl sites for hydroxylation is 1. The molecular formula is C11H10ClNO3. The summed E-state index contributed by atoms with van der Waals surface area (Å²) in [5.74, 6) is -1.70. The molecule has 0 aliphatic heterocycles. The van der Waals surface area contributed by atoms with Gasteiger partial charge in [0.05, 0.1) is 10.7 Å². The summed E-state index contributed by atoms with van der Waals surface area (Å²) in [7, 11) is 0. The minimum Gasteiger partial charge on any atom is -0.478 e. The Hall–Kier alpha value is -1.81. The Morgan fingerprint density at radius 2 is 2.06 bits per heavy atom. The third-order valence-electron chi connectivity index (χ3n) is 1.85. The summed E-state index contributed by atoms with van der Waals surface area (Å²) in [6, 6.07) is 5.20. The molecule has 0 aliphatic carbocycles. The summed E-state index contributed by atoms with van der Waals surface area (Å²) in [5.41, 5.74) is 1.30. The number of aliphatic carboxylic acids is 1. The van der Waals surface area contributed by atoms with Crippen LogP contribution >= 0.6 is 11.6 Å². The van der Waals surface area contributed by atoms with Crippen molar-refractivity contribution in [2.24, 2.45) is 0 Å². The van der Waals surface area contributed by atoms with Crippen LogP contribution in [-0.2, 0) is 9.59 Å². The Labute approximate surface area is 97.5 Å². The van der Waals surface area contributed by atoms with E-state index in [0.29, 0.717) is 10.7 Å². The number of carboxylic acids is 1. The van der Waals surface area contributed by atoms with Gasteiger partial charge in [-0.25, -0.2) is 4.79 Å². The number of carbonyl (C=O) groups excluding carboxylic acids is 1. The van der Waals surface area contributed by atoms with E-state index in [4.69, 9.17) is 16.7 Å². The quantitative estimate of drug-likeness (QED) is 0.795. The van der Waals surface area contributed by atoms with Gasteiger partial charge in [-0.05, 0) is 18.6 Å². The number of amides is 1. The number of nitrogens with one attached hydrogen (secondary N) is 1. The number of carboxylic acid groups (broad SMARTS) is 1. The number of rotatable bonds is 3. The van der Waals surface area contributed by atoms with Crippen LogP contribution < -0.4 is 5.32 Å². The van der Waals surface area contributed by atoms with Crippen LogP contribution in [0.5, 0.6) is 0 Å². The van der Waals surface area contributed by atoms with Crippen molar-refractivity contribution < 1.29 is 14.7 Å². The highest BCUT2D eigenvalue weighted by molar-refractivity contribution is 6.34. The third kappa shape index (κ3) is 3.40. The fourth-order valence-corrected chi connectivity index (χ4v) is 1.37. The highest BCUT2D eigenvalue weighted by Gasteiger charge is 2.05. The molecule has 0 bridgehead atoms. The maximum absolute atomic E-state index is 11.3. The summed E-state index contributed by atoms with van der Waals surface area (Å²) in [5, 5.41) is 11.3. The predicted molar refractivity (Wildman–Crippen MR) is 61.6 cm³/mol. The fourth-order valence-electron chi connectivity index (χ4n) is 1.10. The third-order valence-corrected chi connectivity index (χ3v) is 2.16. The maximum atomic E-state index is 11.3. The molecule has 0 saturated heterocycles. The number of carbonyl (C=O) groups is 2. The van der Waals surface area contributed by atoms with E-state index in [0.717, 1.165) is 17.7 Å². The van der Waals surface area contributed by atoms with Gasteiger partial charge in [-0.15, -0.1) is 0 Å². The molecule has 0 heterocycles. The molecule has 2 N–H and O–H groups in total. The van der Waals surface area contributed by atoms with Crippen LogP contribution in [0.15, 0.2) is 30.4 Å². The molecule has 0 fully saturated rings. The van der Waals surface area contributed by atoms with Gasteiger partial charge in [-0.1, -0.05) is 23.7 Å². The molecule has 1 rings (SSSR count). The SMILES string of the molecule is Cc1cccc(Cl)c1NC(=O)C=CC(=O)O. The molecule has 1 aromatic rings. The Balaban J connectivity index is 2.81. The molecule has 0 aromatic heterocycles. The maximum Gasteiger partial charge on any atom is 0.328 e. The molecular weight excluding hydrogens is 230 g/mol. The monoisotopic (exact) mass is 239 g/mol. The largest absolute Gasteiger partial charge is 0.478 e. The van der Waals surface area contributed by atoms with Gasteiger partial charge < -0.3 is 10.4 Å². The first kappa shape index (κ1) is 12.3. The zero-order valence-electron chi connectivity index (χ0n) is 8.53. The average molecular weight is 240 g/mol. The molecule has 5 heteroatoms. The second-order valence-electron chi connectivity index (χ2n) is 3.09. The Kier molecular flexibility index (Phi) is 4.08. The molecule has 1 amide bonds. The van der Waals surface area contributed by atoms with E-state index in [1.165, 1.54) is 0 Å². The van der Waals surface area contributed by atoms with Crippen molar-refractivity contribution in [2.45, 2.75) is 6.92 Å². The van der Waals surface area contributed by atoms with Gasteiger partial charge in [0.2, 0.25) is 5.91 Å². The van der Waals surface area contributed by atoms with E-state index in [-0.39, 0.29) is 0 Å². The van der Waals surface area contributed by atoms with E-state index in [2.05, 4.69) is 5.32 Å². The normalized spacial score (nSPS) is 10.4. The van der Waals surface area contributed by atoms with Crippen LogP contribution in [-0.4, -0.2) is 17.0 Å². The van der Waals surface area contributed by atoms with Crippen molar-refractivity contribution in [1.29, 1.82) is 0 Å². The first-order valence-corrected chi connectivity index (χ1v) is 4.85. The van der Waals surface area contributed by atoms with Crippen molar-refractivity contribution in [3.63, 3.8) is 0 Å². The summed E-state index contributed by atoms with van der Waals surface area (Å²) < 4.78 is 0. The first-order chi connectivity index (χ1) is 7.50. The lowest BCUT2D eigenvalue weighted by Gasteiger charge is -2.07. The lowest BCUT2D eigenvalue weighted by atomic mass is 10.2. The van der Waals surface area contributed by atoms with Crippen LogP contribution in [0.4, 0.5) is 5.69 Å². The summed E-state index contributed by atoms with van der Waals surface area (Å²) in [6.07, 6.45) is 1.70.